The molecule has 2 heterocycles. The van der Waals surface area contributed by atoms with E-state index in [1.54, 1.807) is 11.3 Å². The summed E-state index contributed by atoms with van der Waals surface area (Å²) in [7, 11) is 0. The Morgan fingerprint density at radius 3 is 2.47 bits per heavy atom. The molecule has 2 aromatic heterocycles. The Labute approximate surface area is 97.2 Å². The van der Waals surface area contributed by atoms with Crippen molar-refractivity contribution in [2.75, 3.05) is 0 Å². The second-order valence-electron chi connectivity index (χ2n) is 3.54. The standard InChI is InChI=1S/C12H13NS2/c1-7-4-5-11(14-7)12-6-10(8(2)13)9(3)15-12/h4-6H,3,13H2,1-2H3/b10-8+. The average Bonchev–Trinajstić information content (AvgIpc) is 2.71. The third kappa shape index (κ3) is 1.98. The first-order valence-corrected chi connectivity index (χ1v) is 6.33. The second-order valence-corrected chi connectivity index (χ2v) is 5.97. The summed E-state index contributed by atoms with van der Waals surface area (Å²) in [4.78, 5) is 3.90. The molecule has 0 unspecified atom stereocenters. The largest absolute Gasteiger partial charge is 0.402 e. The van der Waals surface area contributed by atoms with Gasteiger partial charge < -0.3 is 5.73 Å². The van der Waals surface area contributed by atoms with E-state index in [4.69, 9.17) is 5.73 Å². The molecule has 0 spiro atoms. The maximum atomic E-state index is 5.80. The molecule has 0 saturated heterocycles. The van der Waals surface area contributed by atoms with Crippen LogP contribution in [0.2, 0.25) is 0 Å². The first-order chi connectivity index (χ1) is 7.08. The SMILES string of the molecule is C=c1sc(-c2ccc(C)s2)c/c1=C(/C)N. The Hall–Kier alpha value is -1.06. The lowest BCUT2D eigenvalue weighted by Crippen LogP contribution is -2.21. The van der Waals surface area contributed by atoms with Crippen molar-refractivity contribution in [2.45, 2.75) is 13.8 Å². The molecule has 0 fully saturated rings. The molecule has 3 heteroatoms. The Balaban J connectivity index is 2.62. The molecular weight excluding hydrogens is 222 g/mol. The normalized spacial score (nSPS) is 12.9. The first kappa shape index (κ1) is 10.5. The quantitative estimate of drug-likeness (QED) is 0.806. The van der Waals surface area contributed by atoms with E-state index in [9.17, 15) is 0 Å². The Bertz CT molecular complexity index is 585. The Kier molecular flexibility index (Phi) is 2.67. The van der Waals surface area contributed by atoms with Crippen molar-refractivity contribution in [3.63, 3.8) is 0 Å². The highest BCUT2D eigenvalue weighted by Crippen LogP contribution is 2.28. The van der Waals surface area contributed by atoms with Gasteiger partial charge in [0.05, 0.1) is 0 Å². The molecule has 0 radical (unpaired) electrons. The van der Waals surface area contributed by atoms with Crippen molar-refractivity contribution in [3.05, 3.63) is 32.8 Å². The molecule has 0 aromatic carbocycles. The molecule has 2 N–H and O–H groups in total. The third-order valence-corrected chi connectivity index (χ3v) is 4.40. The van der Waals surface area contributed by atoms with Crippen LogP contribution < -0.4 is 15.5 Å². The zero-order chi connectivity index (χ0) is 11.0. The molecular formula is C12H13NS2. The van der Waals surface area contributed by atoms with E-state index in [0.29, 0.717) is 0 Å². The minimum Gasteiger partial charge on any atom is -0.402 e. The predicted molar refractivity (Wildman–Crippen MR) is 70.4 cm³/mol. The highest BCUT2D eigenvalue weighted by Gasteiger charge is 2.03. The fourth-order valence-electron chi connectivity index (χ4n) is 1.45. The minimum atomic E-state index is 0.843. The highest BCUT2D eigenvalue weighted by atomic mass is 32.1. The van der Waals surface area contributed by atoms with Crippen molar-refractivity contribution >= 4 is 34.9 Å². The minimum absolute atomic E-state index is 0.843. The van der Waals surface area contributed by atoms with Gasteiger partial charge in [0, 0.05) is 30.1 Å². The van der Waals surface area contributed by atoms with Crippen molar-refractivity contribution in [1.82, 2.24) is 0 Å². The van der Waals surface area contributed by atoms with E-state index in [0.717, 1.165) is 15.4 Å². The first-order valence-electron chi connectivity index (χ1n) is 4.70. The van der Waals surface area contributed by atoms with Crippen LogP contribution in [0.1, 0.15) is 11.8 Å². The highest BCUT2D eigenvalue weighted by molar-refractivity contribution is 7.21. The smallest absolute Gasteiger partial charge is 0.0455 e. The van der Waals surface area contributed by atoms with Gasteiger partial charge in [-0.25, -0.2) is 0 Å². The lowest BCUT2D eigenvalue weighted by atomic mass is 10.3. The molecule has 0 saturated carbocycles. The van der Waals surface area contributed by atoms with E-state index < -0.39 is 0 Å². The fraction of sp³-hybridized carbons (Fsp3) is 0.167. The van der Waals surface area contributed by atoms with Gasteiger partial charge in [-0.3, -0.25) is 0 Å². The maximum absolute atomic E-state index is 5.80. The van der Waals surface area contributed by atoms with E-state index in [1.807, 2.05) is 18.3 Å². The van der Waals surface area contributed by atoms with Crippen molar-refractivity contribution in [3.8, 4) is 9.75 Å². The summed E-state index contributed by atoms with van der Waals surface area (Å²) in [6, 6.07) is 6.43. The van der Waals surface area contributed by atoms with Crippen LogP contribution in [0, 0.1) is 6.92 Å². The molecule has 0 aliphatic heterocycles. The summed E-state index contributed by atoms with van der Waals surface area (Å²) >= 11 is 3.51. The van der Waals surface area contributed by atoms with E-state index in [-0.39, 0.29) is 0 Å². The van der Waals surface area contributed by atoms with Gasteiger partial charge in [-0.15, -0.1) is 22.7 Å². The average molecular weight is 235 g/mol. The van der Waals surface area contributed by atoms with Gasteiger partial charge >= 0.3 is 0 Å². The summed E-state index contributed by atoms with van der Waals surface area (Å²) in [6.45, 7) is 8.05. The van der Waals surface area contributed by atoms with Crippen molar-refractivity contribution in [2.24, 2.45) is 5.73 Å². The van der Waals surface area contributed by atoms with E-state index in [1.165, 1.54) is 14.6 Å². The van der Waals surface area contributed by atoms with Gasteiger partial charge in [0.15, 0.2) is 0 Å². The van der Waals surface area contributed by atoms with Crippen LogP contribution in [-0.2, 0) is 0 Å². The van der Waals surface area contributed by atoms with Gasteiger partial charge in [-0.2, -0.15) is 0 Å². The second kappa shape index (κ2) is 3.83. The summed E-state index contributed by atoms with van der Waals surface area (Å²) in [5.41, 5.74) is 6.64. The number of hydrogen-bond donors (Lipinski definition) is 1. The van der Waals surface area contributed by atoms with Crippen LogP contribution in [0.15, 0.2) is 18.2 Å². The molecule has 0 aliphatic carbocycles. The van der Waals surface area contributed by atoms with Gasteiger partial charge in [0.1, 0.15) is 0 Å². The van der Waals surface area contributed by atoms with Gasteiger partial charge in [-0.1, -0.05) is 6.58 Å². The fourth-order valence-corrected chi connectivity index (χ4v) is 3.42. The van der Waals surface area contributed by atoms with Crippen LogP contribution in [-0.4, -0.2) is 0 Å². The lowest BCUT2D eigenvalue weighted by molar-refractivity contribution is 1.46. The Morgan fingerprint density at radius 2 is 2.00 bits per heavy atom. The van der Waals surface area contributed by atoms with Gasteiger partial charge in [0.2, 0.25) is 0 Å². The number of nitrogens with two attached hydrogens (primary N) is 1. The zero-order valence-electron chi connectivity index (χ0n) is 8.83. The number of rotatable bonds is 1. The van der Waals surface area contributed by atoms with Crippen LogP contribution in [0.25, 0.3) is 22.0 Å². The molecule has 0 aliphatic rings. The Morgan fingerprint density at radius 1 is 1.27 bits per heavy atom. The number of hydrogen-bond acceptors (Lipinski definition) is 3. The summed E-state index contributed by atoms with van der Waals surface area (Å²) < 4.78 is 1.05. The number of aryl methyl sites for hydroxylation is 1. The summed E-state index contributed by atoms with van der Waals surface area (Å²) in [6.07, 6.45) is 0. The predicted octanol–water partition coefficient (Wildman–Crippen LogP) is 2.28. The summed E-state index contributed by atoms with van der Waals surface area (Å²) in [5.74, 6) is 0. The van der Waals surface area contributed by atoms with Gasteiger partial charge in [-0.05, 0) is 32.0 Å². The molecule has 1 nitrogen and oxygen atoms in total. The van der Waals surface area contributed by atoms with Crippen molar-refractivity contribution < 1.29 is 0 Å². The monoisotopic (exact) mass is 235 g/mol. The molecule has 2 rings (SSSR count). The van der Waals surface area contributed by atoms with Crippen LogP contribution in [0.4, 0.5) is 0 Å². The number of thiophene rings is 2. The van der Waals surface area contributed by atoms with Crippen molar-refractivity contribution in [1.29, 1.82) is 0 Å². The van der Waals surface area contributed by atoms with E-state index >= 15 is 0 Å². The van der Waals surface area contributed by atoms with Crippen LogP contribution >= 0.6 is 22.7 Å². The molecule has 0 amide bonds. The zero-order valence-corrected chi connectivity index (χ0v) is 10.5. The van der Waals surface area contributed by atoms with Crippen LogP contribution in [0.3, 0.4) is 0 Å². The maximum Gasteiger partial charge on any atom is 0.0455 e. The molecule has 78 valence electrons. The molecule has 15 heavy (non-hydrogen) atoms. The molecule has 2 aromatic rings. The molecule has 0 bridgehead atoms. The van der Waals surface area contributed by atoms with E-state index in [2.05, 4.69) is 31.7 Å². The topological polar surface area (TPSA) is 26.0 Å². The summed E-state index contributed by atoms with van der Waals surface area (Å²) in [5, 5.41) is 1.08. The lowest BCUT2D eigenvalue weighted by Gasteiger charge is -1.87. The van der Waals surface area contributed by atoms with Gasteiger partial charge in [0.25, 0.3) is 0 Å². The molecule has 0 atom stereocenters. The van der Waals surface area contributed by atoms with Crippen LogP contribution in [0.5, 0.6) is 0 Å². The third-order valence-electron chi connectivity index (χ3n) is 2.22.